The SMILES string of the molecule is Cc1ccc(C)c(NC(=O)[C@H](OC(=O)CCc2c(C)noc2C)c2ccccc2)c1. The molecule has 156 valence electrons. The molecule has 0 aliphatic rings. The summed E-state index contributed by atoms with van der Waals surface area (Å²) in [5.74, 6) is -0.159. The molecule has 3 aromatic rings. The molecule has 0 fully saturated rings. The third-order valence-corrected chi connectivity index (χ3v) is 5.00. The van der Waals surface area contributed by atoms with E-state index >= 15 is 0 Å². The van der Waals surface area contributed by atoms with E-state index in [0.29, 0.717) is 23.4 Å². The highest BCUT2D eigenvalue weighted by Gasteiger charge is 2.26. The van der Waals surface area contributed by atoms with Crippen LogP contribution >= 0.6 is 0 Å². The second kappa shape index (κ2) is 9.39. The minimum atomic E-state index is -1.04. The number of esters is 1. The third kappa shape index (κ3) is 5.14. The van der Waals surface area contributed by atoms with Gasteiger partial charge in [0.05, 0.1) is 5.69 Å². The average Bonchev–Trinajstić information content (AvgIpc) is 3.05. The van der Waals surface area contributed by atoms with Crippen LogP contribution in [0.4, 0.5) is 5.69 Å². The van der Waals surface area contributed by atoms with Gasteiger partial charge in [0.25, 0.3) is 5.91 Å². The van der Waals surface area contributed by atoms with Gasteiger partial charge in [0.1, 0.15) is 5.76 Å². The first kappa shape index (κ1) is 21.3. The molecular formula is C24H26N2O4. The molecule has 0 spiro atoms. The number of aromatic nitrogens is 1. The number of carbonyl (C=O) groups excluding carboxylic acids is 2. The van der Waals surface area contributed by atoms with Gasteiger partial charge < -0.3 is 14.6 Å². The zero-order chi connectivity index (χ0) is 21.7. The van der Waals surface area contributed by atoms with Crippen molar-refractivity contribution in [3.05, 3.63) is 82.2 Å². The van der Waals surface area contributed by atoms with Gasteiger partial charge in [-0.05, 0) is 51.3 Å². The van der Waals surface area contributed by atoms with Crippen molar-refractivity contribution >= 4 is 17.6 Å². The second-order valence-corrected chi connectivity index (χ2v) is 7.39. The van der Waals surface area contributed by atoms with E-state index in [1.165, 1.54) is 0 Å². The van der Waals surface area contributed by atoms with E-state index in [-0.39, 0.29) is 12.3 Å². The van der Waals surface area contributed by atoms with E-state index in [2.05, 4.69) is 10.5 Å². The normalized spacial score (nSPS) is 11.7. The number of benzene rings is 2. The predicted molar refractivity (Wildman–Crippen MR) is 114 cm³/mol. The molecule has 3 rings (SSSR count). The largest absolute Gasteiger partial charge is 0.447 e. The Bertz CT molecular complexity index is 1020. The molecule has 0 saturated carbocycles. The molecule has 0 aliphatic heterocycles. The van der Waals surface area contributed by atoms with Crippen molar-refractivity contribution in [3.8, 4) is 0 Å². The summed E-state index contributed by atoms with van der Waals surface area (Å²) >= 11 is 0. The van der Waals surface area contributed by atoms with Crippen LogP contribution < -0.4 is 5.32 Å². The van der Waals surface area contributed by atoms with E-state index in [1.807, 2.05) is 64.1 Å². The Labute approximate surface area is 176 Å². The van der Waals surface area contributed by atoms with E-state index in [4.69, 9.17) is 9.26 Å². The highest BCUT2D eigenvalue weighted by molar-refractivity contribution is 5.96. The lowest BCUT2D eigenvalue weighted by atomic mass is 10.1. The van der Waals surface area contributed by atoms with Gasteiger partial charge in [-0.3, -0.25) is 9.59 Å². The molecule has 0 bridgehead atoms. The third-order valence-electron chi connectivity index (χ3n) is 5.00. The Morgan fingerprint density at radius 1 is 1.07 bits per heavy atom. The monoisotopic (exact) mass is 406 g/mol. The molecule has 1 N–H and O–H groups in total. The van der Waals surface area contributed by atoms with E-state index in [9.17, 15) is 9.59 Å². The van der Waals surface area contributed by atoms with Gasteiger partial charge in [-0.2, -0.15) is 0 Å². The van der Waals surface area contributed by atoms with Gasteiger partial charge in [0, 0.05) is 23.2 Å². The van der Waals surface area contributed by atoms with Gasteiger partial charge >= 0.3 is 5.97 Å². The summed E-state index contributed by atoms with van der Waals surface area (Å²) < 4.78 is 10.8. The Hall–Kier alpha value is -3.41. The first-order valence-corrected chi connectivity index (χ1v) is 9.89. The van der Waals surface area contributed by atoms with Crippen LogP contribution in [0.5, 0.6) is 0 Å². The van der Waals surface area contributed by atoms with Crippen LogP contribution in [0.1, 0.15) is 46.2 Å². The van der Waals surface area contributed by atoms with E-state index in [0.717, 1.165) is 22.4 Å². The quantitative estimate of drug-likeness (QED) is 0.572. The highest BCUT2D eigenvalue weighted by Crippen LogP contribution is 2.24. The Balaban J connectivity index is 1.75. The second-order valence-electron chi connectivity index (χ2n) is 7.39. The molecule has 6 heteroatoms. The van der Waals surface area contributed by atoms with Crippen molar-refractivity contribution in [2.75, 3.05) is 5.32 Å². The first-order valence-electron chi connectivity index (χ1n) is 9.89. The zero-order valence-electron chi connectivity index (χ0n) is 17.7. The summed E-state index contributed by atoms with van der Waals surface area (Å²) in [5.41, 5.74) is 4.93. The maximum atomic E-state index is 13.0. The fourth-order valence-corrected chi connectivity index (χ4v) is 3.25. The lowest BCUT2D eigenvalue weighted by Crippen LogP contribution is -2.26. The van der Waals surface area contributed by atoms with Crippen molar-refractivity contribution in [1.29, 1.82) is 0 Å². The lowest BCUT2D eigenvalue weighted by Gasteiger charge is -2.19. The van der Waals surface area contributed by atoms with Gasteiger partial charge in [0.15, 0.2) is 0 Å². The number of nitrogens with zero attached hydrogens (tertiary/aromatic N) is 1. The molecule has 1 atom stereocenters. The summed E-state index contributed by atoms with van der Waals surface area (Å²) in [6, 6.07) is 14.8. The van der Waals surface area contributed by atoms with Gasteiger partial charge in [-0.1, -0.05) is 47.6 Å². The summed E-state index contributed by atoms with van der Waals surface area (Å²) in [4.78, 5) is 25.6. The van der Waals surface area contributed by atoms with Gasteiger partial charge in [0.2, 0.25) is 6.10 Å². The molecule has 0 radical (unpaired) electrons. The van der Waals surface area contributed by atoms with Crippen molar-refractivity contribution in [2.45, 2.75) is 46.6 Å². The van der Waals surface area contributed by atoms with Gasteiger partial charge in [-0.25, -0.2) is 0 Å². The Morgan fingerprint density at radius 2 is 1.80 bits per heavy atom. The van der Waals surface area contributed by atoms with E-state index in [1.54, 1.807) is 12.1 Å². The fourth-order valence-electron chi connectivity index (χ4n) is 3.25. The van der Waals surface area contributed by atoms with Crippen LogP contribution in [-0.4, -0.2) is 17.0 Å². The maximum absolute atomic E-state index is 13.0. The zero-order valence-corrected chi connectivity index (χ0v) is 17.7. The molecule has 1 heterocycles. The number of anilines is 1. The number of nitrogens with one attached hydrogen (secondary N) is 1. The number of amides is 1. The van der Waals surface area contributed by atoms with Crippen molar-refractivity contribution in [2.24, 2.45) is 0 Å². The van der Waals surface area contributed by atoms with E-state index < -0.39 is 12.1 Å². The minimum Gasteiger partial charge on any atom is -0.447 e. The van der Waals surface area contributed by atoms with Crippen LogP contribution in [0.2, 0.25) is 0 Å². The van der Waals surface area contributed by atoms with Crippen LogP contribution in [0.3, 0.4) is 0 Å². The number of hydrogen-bond acceptors (Lipinski definition) is 5. The number of aryl methyl sites for hydroxylation is 4. The molecule has 30 heavy (non-hydrogen) atoms. The van der Waals surface area contributed by atoms with Crippen LogP contribution in [0.15, 0.2) is 53.1 Å². The number of rotatable bonds is 7. The number of carbonyl (C=O) groups is 2. The molecule has 1 aromatic heterocycles. The molecule has 2 aromatic carbocycles. The van der Waals surface area contributed by atoms with Crippen molar-refractivity contribution < 1.29 is 18.8 Å². The first-order chi connectivity index (χ1) is 14.3. The number of ether oxygens (including phenoxy) is 1. The summed E-state index contributed by atoms with van der Waals surface area (Å²) in [5, 5.41) is 6.80. The molecular weight excluding hydrogens is 380 g/mol. The molecule has 6 nitrogen and oxygen atoms in total. The van der Waals surface area contributed by atoms with Crippen LogP contribution in [0, 0.1) is 27.7 Å². The minimum absolute atomic E-state index is 0.128. The maximum Gasteiger partial charge on any atom is 0.307 e. The van der Waals surface area contributed by atoms with Crippen LogP contribution in [-0.2, 0) is 20.7 Å². The molecule has 0 aliphatic carbocycles. The topological polar surface area (TPSA) is 81.4 Å². The molecule has 0 unspecified atom stereocenters. The highest BCUT2D eigenvalue weighted by atomic mass is 16.5. The molecule has 0 saturated heterocycles. The standard InChI is InChI=1S/C24H26N2O4/c1-15-10-11-16(2)21(14-15)25-24(28)23(19-8-6-5-7-9-19)29-22(27)13-12-20-17(3)26-30-18(20)4/h5-11,14,23H,12-13H2,1-4H3,(H,25,28)/t23-/m1/s1. The Kier molecular flexibility index (Phi) is 6.67. The number of hydrogen-bond donors (Lipinski definition) is 1. The summed E-state index contributed by atoms with van der Waals surface area (Å²) in [7, 11) is 0. The van der Waals surface area contributed by atoms with Crippen molar-refractivity contribution in [1.82, 2.24) is 5.16 Å². The Morgan fingerprint density at radius 3 is 2.47 bits per heavy atom. The summed E-state index contributed by atoms with van der Waals surface area (Å²) in [6.45, 7) is 7.52. The van der Waals surface area contributed by atoms with Gasteiger partial charge in [-0.15, -0.1) is 0 Å². The fraction of sp³-hybridized carbons (Fsp3) is 0.292. The van der Waals surface area contributed by atoms with Crippen molar-refractivity contribution in [3.63, 3.8) is 0 Å². The van der Waals surface area contributed by atoms with Crippen LogP contribution in [0.25, 0.3) is 0 Å². The lowest BCUT2D eigenvalue weighted by molar-refractivity contribution is -0.154. The smallest absolute Gasteiger partial charge is 0.307 e. The average molecular weight is 406 g/mol. The predicted octanol–water partition coefficient (Wildman–Crippen LogP) is 4.76. The summed E-state index contributed by atoms with van der Waals surface area (Å²) in [6.07, 6.45) is -0.466. The molecule has 1 amide bonds.